The van der Waals surface area contributed by atoms with Gasteiger partial charge in [0.25, 0.3) is 0 Å². The van der Waals surface area contributed by atoms with Gasteiger partial charge in [0.1, 0.15) is 6.61 Å². The smallest absolute Gasteiger partial charge is 0.306 e. The Hall–Kier alpha value is -3.18. The highest BCUT2D eigenvalue weighted by molar-refractivity contribution is 5.70. The summed E-state index contributed by atoms with van der Waals surface area (Å²) < 4.78 is 10.7. The molecule has 0 saturated heterocycles. The quantitative estimate of drug-likeness (QED) is 0.0374. The molecule has 0 rings (SSSR count). The molecule has 0 saturated carbocycles. The maximum atomic E-state index is 12.3. The number of unbranched alkanes of at least 4 members (excludes halogenated alkanes) is 27. The van der Waals surface area contributed by atoms with E-state index < -0.39 is 6.10 Å². The predicted octanol–water partition coefficient (Wildman–Crippen LogP) is 19.1. The fraction of sp³-hybridized carbons (Fsp3) is 0.710. The van der Waals surface area contributed by atoms with Crippen LogP contribution < -0.4 is 0 Å². The third kappa shape index (κ3) is 55.3. The summed E-state index contributed by atoms with van der Waals surface area (Å²) in [6.45, 7) is 4.04. The number of rotatable bonds is 51. The summed E-state index contributed by atoms with van der Waals surface area (Å²) in [5.41, 5.74) is 0. The highest BCUT2D eigenvalue weighted by Crippen LogP contribution is 2.16. The molecule has 0 aromatic rings. The van der Waals surface area contributed by atoms with E-state index in [1.54, 1.807) is 0 Å². The molecule has 1 N–H and O–H groups in total. The lowest BCUT2D eigenvalue weighted by molar-refractivity contribution is -0.161. The average Bonchev–Trinajstić information content (AvgIpc) is 3.33. The minimum Gasteiger partial charge on any atom is -0.462 e. The second-order valence-corrected chi connectivity index (χ2v) is 18.6. The van der Waals surface area contributed by atoms with E-state index in [0.29, 0.717) is 12.8 Å². The Kier molecular flexibility index (Phi) is 54.4. The van der Waals surface area contributed by atoms with Crippen LogP contribution in [0.1, 0.15) is 264 Å². The number of aliphatic hydroxyl groups excluding tert-OH is 1. The lowest BCUT2D eigenvalue weighted by atomic mass is 10.0. The Bertz CT molecular complexity index is 1280. The first-order valence-corrected chi connectivity index (χ1v) is 28.3. The zero-order valence-corrected chi connectivity index (χ0v) is 43.9. The molecule has 0 fully saturated rings. The van der Waals surface area contributed by atoms with E-state index in [4.69, 9.17) is 9.47 Å². The van der Waals surface area contributed by atoms with E-state index in [-0.39, 0.29) is 25.2 Å². The van der Waals surface area contributed by atoms with Gasteiger partial charge in [0, 0.05) is 12.8 Å². The summed E-state index contributed by atoms with van der Waals surface area (Å²) in [6, 6.07) is 0. The van der Waals surface area contributed by atoms with E-state index in [1.807, 2.05) is 0 Å². The molecule has 0 spiro atoms. The van der Waals surface area contributed by atoms with Gasteiger partial charge in [-0.1, -0.05) is 272 Å². The minimum absolute atomic E-state index is 0.0682. The summed E-state index contributed by atoms with van der Waals surface area (Å²) in [5, 5.41) is 9.65. The Morgan fingerprint density at radius 1 is 0.358 bits per heavy atom. The Morgan fingerprint density at radius 3 is 0.970 bits per heavy atom. The molecule has 0 radical (unpaired) electrons. The van der Waals surface area contributed by atoms with Crippen LogP contribution in [0.4, 0.5) is 0 Å². The number of carbonyl (C=O) groups excluding carboxylic acids is 2. The van der Waals surface area contributed by atoms with Crippen molar-refractivity contribution in [3.05, 3.63) is 97.2 Å². The van der Waals surface area contributed by atoms with Gasteiger partial charge < -0.3 is 14.6 Å². The fourth-order valence-electron chi connectivity index (χ4n) is 7.93. The molecule has 5 heteroatoms. The van der Waals surface area contributed by atoms with Gasteiger partial charge in [0.05, 0.1) is 6.61 Å². The van der Waals surface area contributed by atoms with E-state index in [9.17, 15) is 14.7 Å². The number of ether oxygens (including phenoxy) is 2. The molecule has 384 valence electrons. The highest BCUT2D eigenvalue weighted by Gasteiger charge is 2.16. The van der Waals surface area contributed by atoms with Crippen LogP contribution in [0.25, 0.3) is 0 Å². The molecular weight excluding hydrogens is 825 g/mol. The van der Waals surface area contributed by atoms with Gasteiger partial charge in [-0.25, -0.2) is 0 Å². The zero-order chi connectivity index (χ0) is 48.5. The lowest BCUT2D eigenvalue weighted by Gasteiger charge is -2.15. The van der Waals surface area contributed by atoms with Crippen LogP contribution in [0.3, 0.4) is 0 Å². The maximum Gasteiger partial charge on any atom is 0.306 e. The van der Waals surface area contributed by atoms with Crippen molar-refractivity contribution >= 4 is 11.9 Å². The largest absolute Gasteiger partial charge is 0.462 e. The number of esters is 2. The van der Waals surface area contributed by atoms with Gasteiger partial charge in [-0.15, -0.1) is 0 Å². The SMILES string of the molecule is CC/C=C\C/C=C\C/C=C\C/C=C\C/C=C\C/C=C\C/C=C\C/C=C\CCCCCCCCCCCCC(=O)OC(CO)COC(=O)CCCCCCCCCCCCCCCCCCCC. The second kappa shape index (κ2) is 57.1. The molecular formula is C62H106O5. The van der Waals surface area contributed by atoms with Crippen LogP contribution in [-0.4, -0.2) is 36.4 Å². The van der Waals surface area contributed by atoms with Gasteiger partial charge >= 0.3 is 11.9 Å². The summed E-state index contributed by atoms with van der Waals surface area (Å²) in [5.74, 6) is -0.590. The van der Waals surface area contributed by atoms with Crippen LogP contribution in [0, 0.1) is 0 Å². The van der Waals surface area contributed by atoms with Gasteiger partial charge in [0.2, 0.25) is 0 Å². The Morgan fingerprint density at radius 2 is 0.642 bits per heavy atom. The molecule has 0 aliphatic heterocycles. The first-order chi connectivity index (χ1) is 33.1. The zero-order valence-electron chi connectivity index (χ0n) is 43.9. The summed E-state index contributed by atoms with van der Waals surface area (Å²) >= 11 is 0. The number of allylic oxidation sites excluding steroid dienone is 16. The van der Waals surface area contributed by atoms with Crippen LogP contribution in [0.15, 0.2) is 97.2 Å². The second-order valence-electron chi connectivity index (χ2n) is 18.6. The third-order valence-electron chi connectivity index (χ3n) is 12.1. The average molecular weight is 932 g/mol. The van der Waals surface area contributed by atoms with Crippen molar-refractivity contribution in [3.8, 4) is 0 Å². The predicted molar refractivity (Wildman–Crippen MR) is 292 cm³/mol. The van der Waals surface area contributed by atoms with Crippen molar-refractivity contribution < 1.29 is 24.2 Å². The minimum atomic E-state index is -0.778. The molecule has 0 amide bonds. The molecule has 0 bridgehead atoms. The fourth-order valence-corrected chi connectivity index (χ4v) is 7.93. The number of hydrogen-bond donors (Lipinski definition) is 1. The van der Waals surface area contributed by atoms with Crippen LogP contribution >= 0.6 is 0 Å². The molecule has 1 unspecified atom stereocenters. The van der Waals surface area contributed by atoms with E-state index in [0.717, 1.165) is 89.9 Å². The topological polar surface area (TPSA) is 72.8 Å². The molecule has 0 aliphatic carbocycles. The van der Waals surface area contributed by atoms with E-state index in [2.05, 4.69) is 111 Å². The van der Waals surface area contributed by atoms with Gasteiger partial charge in [0.15, 0.2) is 6.10 Å². The molecule has 0 heterocycles. The third-order valence-corrected chi connectivity index (χ3v) is 12.1. The van der Waals surface area contributed by atoms with Gasteiger partial charge in [-0.3, -0.25) is 9.59 Å². The van der Waals surface area contributed by atoms with Crippen molar-refractivity contribution in [3.63, 3.8) is 0 Å². The maximum absolute atomic E-state index is 12.3. The van der Waals surface area contributed by atoms with E-state index >= 15 is 0 Å². The molecule has 0 aromatic heterocycles. The molecule has 1 atom stereocenters. The molecule has 67 heavy (non-hydrogen) atoms. The van der Waals surface area contributed by atoms with E-state index in [1.165, 1.54) is 148 Å². The van der Waals surface area contributed by atoms with Crippen LogP contribution in [0.5, 0.6) is 0 Å². The number of aliphatic hydroxyl groups is 1. The monoisotopic (exact) mass is 931 g/mol. The number of carbonyl (C=O) groups is 2. The molecule has 0 aromatic carbocycles. The first kappa shape index (κ1) is 63.8. The van der Waals surface area contributed by atoms with Crippen molar-refractivity contribution in [2.75, 3.05) is 13.2 Å². The summed E-state index contributed by atoms with van der Waals surface area (Å²) in [6.07, 6.45) is 80.9. The van der Waals surface area contributed by atoms with Crippen molar-refractivity contribution in [1.82, 2.24) is 0 Å². The van der Waals surface area contributed by atoms with Gasteiger partial charge in [-0.05, 0) is 77.0 Å². The van der Waals surface area contributed by atoms with Gasteiger partial charge in [-0.2, -0.15) is 0 Å². The highest BCUT2D eigenvalue weighted by atomic mass is 16.6. The Labute approximate surface area is 415 Å². The molecule has 5 nitrogen and oxygen atoms in total. The van der Waals surface area contributed by atoms with Crippen molar-refractivity contribution in [2.24, 2.45) is 0 Å². The summed E-state index contributed by atoms with van der Waals surface area (Å²) in [7, 11) is 0. The Balaban J connectivity index is 3.54. The van der Waals surface area contributed by atoms with Crippen LogP contribution in [0.2, 0.25) is 0 Å². The lowest BCUT2D eigenvalue weighted by Crippen LogP contribution is -2.28. The molecule has 0 aliphatic rings. The number of hydrogen-bond acceptors (Lipinski definition) is 5. The summed E-state index contributed by atoms with van der Waals surface area (Å²) in [4.78, 5) is 24.5. The van der Waals surface area contributed by atoms with Crippen molar-refractivity contribution in [1.29, 1.82) is 0 Å². The van der Waals surface area contributed by atoms with Crippen molar-refractivity contribution in [2.45, 2.75) is 270 Å². The normalized spacial score (nSPS) is 12.9. The standard InChI is InChI=1S/C62H106O5/c1-3-5-7-9-11-13-15-17-19-21-23-24-25-26-27-28-29-30-31-32-33-34-35-36-37-38-39-41-43-45-47-49-51-53-55-57-62(65)67-60(58-63)59-66-61(64)56-54-52-50-48-46-44-42-40-22-20-18-16-14-12-10-8-6-4-2/h5,7,11,13,17,19,23-24,26-27,29-30,32-33,35-36,60,63H,3-4,6,8-10,12,14-16,18,20-22,25,28,31,34,37-59H2,1-2H3/b7-5-,13-11-,19-17-,24-23-,27-26-,30-29-,33-32-,36-35-. The first-order valence-electron chi connectivity index (χ1n) is 28.3. The van der Waals surface area contributed by atoms with Crippen LogP contribution in [-0.2, 0) is 19.1 Å².